The van der Waals surface area contributed by atoms with Crippen molar-refractivity contribution in [1.29, 1.82) is 0 Å². The van der Waals surface area contributed by atoms with E-state index in [1.165, 1.54) is 0 Å². The topological polar surface area (TPSA) is 61.7 Å². The maximum atomic E-state index is 9.35. The minimum absolute atomic E-state index is 0.159. The molecule has 3 N–H and O–H groups in total. The summed E-state index contributed by atoms with van der Waals surface area (Å²) in [5.74, 6) is 0. The molecule has 4 nitrogen and oxygen atoms in total. The Morgan fingerprint density at radius 2 is 2.08 bits per heavy atom. The Morgan fingerprint density at radius 1 is 1.38 bits per heavy atom. The first-order valence-electron chi connectivity index (χ1n) is 4.78. The molecule has 0 fully saturated rings. The van der Waals surface area contributed by atoms with E-state index in [1.807, 2.05) is 13.8 Å². The fourth-order valence-corrected chi connectivity index (χ4v) is 0.835. The van der Waals surface area contributed by atoms with Crippen molar-refractivity contribution < 1.29 is 14.9 Å². The molecule has 1 unspecified atom stereocenters. The molecule has 0 aromatic rings. The molecule has 0 radical (unpaired) electrons. The molecule has 0 rings (SSSR count). The van der Waals surface area contributed by atoms with E-state index in [1.54, 1.807) is 0 Å². The van der Waals surface area contributed by atoms with Gasteiger partial charge in [-0.25, -0.2) is 0 Å². The van der Waals surface area contributed by atoms with Gasteiger partial charge >= 0.3 is 0 Å². The molecule has 0 heterocycles. The number of aliphatic hydroxyl groups excluding tert-OH is 2. The van der Waals surface area contributed by atoms with Crippen LogP contribution in [0.2, 0.25) is 0 Å². The molecular formula is C9H21NO3. The number of nitrogens with one attached hydrogen (secondary N) is 1. The summed E-state index contributed by atoms with van der Waals surface area (Å²) < 4.78 is 5.22. The lowest BCUT2D eigenvalue weighted by atomic mass is 10.3. The highest BCUT2D eigenvalue weighted by Gasteiger charge is 2.04. The van der Waals surface area contributed by atoms with Gasteiger partial charge < -0.3 is 20.3 Å². The second kappa shape index (κ2) is 8.44. The van der Waals surface area contributed by atoms with E-state index >= 15 is 0 Å². The lowest BCUT2D eigenvalue weighted by Gasteiger charge is -2.13. The summed E-state index contributed by atoms with van der Waals surface area (Å²) in [5.41, 5.74) is 0. The molecule has 0 aromatic heterocycles. The van der Waals surface area contributed by atoms with Crippen LogP contribution in [0.5, 0.6) is 0 Å². The summed E-state index contributed by atoms with van der Waals surface area (Å²) in [6.07, 6.45) is 0.422. The molecule has 4 heteroatoms. The van der Waals surface area contributed by atoms with Gasteiger partial charge in [-0.05, 0) is 26.8 Å². The summed E-state index contributed by atoms with van der Waals surface area (Å²) in [5, 5.41) is 20.8. The van der Waals surface area contributed by atoms with Gasteiger partial charge in [-0.15, -0.1) is 0 Å². The first-order chi connectivity index (χ1) is 6.16. The fourth-order valence-electron chi connectivity index (χ4n) is 0.835. The van der Waals surface area contributed by atoms with E-state index in [2.05, 4.69) is 5.32 Å². The summed E-state index contributed by atoms with van der Waals surface area (Å²) in [7, 11) is 0. The van der Waals surface area contributed by atoms with Gasteiger partial charge in [0.2, 0.25) is 0 Å². The Bertz CT molecular complexity index is 109. The van der Waals surface area contributed by atoms with Gasteiger partial charge in [0.1, 0.15) is 0 Å². The average molecular weight is 191 g/mol. The largest absolute Gasteiger partial charge is 0.396 e. The maximum absolute atomic E-state index is 9.35. The van der Waals surface area contributed by atoms with E-state index in [-0.39, 0.29) is 12.7 Å². The van der Waals surface area contributed by atoms with Crippen molar-refractivity contribution in [3.05, 3.63) is 0 Å². The fraction of sp³-hybridized carbons (Fsp3) is 1.00. The molecule has 0 aliphatic carbocycles. The van der Waals surface area contributed by atoms with Crippen molar-refractivity contribution in [3.63, 3.8) is 0 Å². The van der Waals surface area contributed by atoms with Gasteiger partial charge in [-0.2, -0.15) is 0 Å². The van der Waals surface area contributed by atoms with E-state index in [0.717, 1.165) is 13.0 Å². The van der Waals surface area contributed by atoms with Crippen LogP contribution in [0.25, 0.3) is 0 Å². The van der Waals surface area contributed by atoms with Gasteiger partial charge in [-0.3, -0.25) is 0 Å². The highest BCUT2D eigenvalue weighted by molar-refractivity contribution is 4.58. The van der Waals surface area contributed by atoms with Gasteiger partial charge in [0.15, 0.2) is 0 Å². The molecule has 0 spiro atoms. The van der Waals surface area contributed by atoms with Crippen LogP contribution in [0.3, 0.4) is 0 Å². The number of hydrogen-bond donors (Lipinski definition) is 3. The zero-order valence-electron chi connectivity index (χ0n) is 8.49. The van der Waals surface area contributed by atoms with E-state index in [9.17, 15) is 5.11 Å². The van der Waals surface area contributed by atoms with Gasteiger partial charge in [0.05, 0.1) is 18.8 Å². The molecule has 0 aliphatic heterocycles. The normalized spacial score (nSPS) is 13.6. The van der Waals surface area contributed by atoms with Crippen molar-refractivity contribution in [1.82, 2.24) is 5.32 Å². The number of rotatable bonds is 8. The highest BCUT2D eigenvalue weighted by atomic mass is 16.5. The number of aliphatic hydroxyl groups is 2. The van der Waals surface area contributed by atoms with Crippen molar-refractivity contribution in [2.45, 2.75) is 32.5 Å². The van der Waals surface area contributed by atoms with Gasteiger partial charge in [0.25, 0.3) is 0 Å². The number of hydrogen-bond acceptors (Lipinski definition) is 4. The zero-order valence-corrected chi connectivity index (χ0v) is 8.49. The lowest BCUT2D eigenvalue weighted by Crippen LogP contribution is -2.32. The standard InChI is InChI=1S/C9H21NO3/c1-8(2)13-7-9(12)6-10-4-3-5-11/h8-12H,3-7H2,1-2H3. The van der Waals surface area contributed by atoms with Crippen LogP contribution in [0.4, 0.5) is 0 Å². The van der Waals surface area contributed by atoms with Crippen LogP contribution in [-0.2, 0) is 4.74 Å². The molecule has 80 valence electrons. The minimum atomic E-state index is -0.457. The number of ether oxygens (including phenoxy) is 1. The van der Waals surface area contributed by atoms with Crippen LogP contribution >= 0.6 is 0 Å². The third kappa shape index (κ3) is 9.76. The second-order valence-electron chi connectivity index (χ2n) is 3.32. The van der Waals surface area contributed by atoms with E-state index in [0.29, 0.717) is 13.2 Å². The average Bonchev–Trinajstić information content (AvgIpc) is 2.09. The van der Waals surface area contributed by atoms with Crippen LogP contribution in [0.1, 0.15) is 20.3 Å². The zero-order chi connectivity index (χ0) is 10.1. The molecule has 13 heavy (non-hydrogen) atoms. The quantitative estimate of drug-likeness (QED) is 0.463. The molecular weight excluding hydrogens is 170 g/mol. The Labute approximate surface area is 79.9 Å². The third-order valence-corrected chi connectivity index (χ3v) is 1.51. The van der Waals surface area contributed by atoms with Crippen molar-refractivity contribution in [2.75, 3.05) is 26.3 Å². The first-order valence-corrected chi connectivity index (χ1v) is 4.78. The molecule has 1 atom stereocenters. The van der Waals surface area contributed by atoms with Gasteiger partial charge in [-0.1, -0.05) is 0 Å². The Morgan fingerprint density at radius 3 is 2.62 bits per heavy atom. The molecule has 0 aromatic carbocycles. The molecule has 0 bridgehead atoms. The van der Waals surface area contributed by atoms with Gasteiger partial charge in [0, 0.05) is 13.2 Å². The maximum Gasteiger partial charge on any atom is 0.0897 e. The third-order valence-electron chi connectivity index (χ3n) is 1.51. The predicted molar refractivity (Wildman–Crippen MR) is 51.7 cm³/mol. The molecule has 0 saturated heterocycles. The highest BCUT2D eigenvalue weighted by Crippen LogP contribution is 1.90. The van der Waals surface area contributed by atoms with Crippen molar-refractivity contribution >= 4 is 0 Å². The minimum Gasteiger partial charge on any atom is -0.396 e. The predicted octanol–water partition coefficient (Wildman–Crippen LogP) is -0.256. The molecule has 0 saturated carbocycles. The van der Waals surface area contributed by atoms with E-state index < -0.39 is 6.10 Å². The van der Waals surface area contributed by atoms with Crippen molar-refractivity contribution in [2.24, 2.45) is 0 Å². The lowest BCUT2D eigenvalue weighted by molar-refractivity contribution is 0.00639. The Hall–Kier alpha value is -0.160. The summed E-state index contributed by atoms with van der Waals surface area (Å²) in [6, 6.07) is 0. The SMILES string of the molecule is CC(C)OCC(O)CNCCCO. The van der Waals surface area contributed by atoms with Crippen LogP contribution in [0, 0.1) is 0 Å². The second-order valence-corrected chi connectivity index (χ2v) is 3.32. The Kier molecular flexibility index (Phi) is 8.33. The molecule has 0 aliphatic rings. The smallest absolute Gasteiger partial charge is 0.0897 e. The van der Waals surface area contributed by atoms with Crippen LogP contribution in [-0.4, -0.2) is 48.7 Å². The molecule has 0 amide bonds. The summed E-state index contributed by atoms with van der Waals surface area (Å²) in [4.78, 5) is 0. The summed E-state index contributed by atoms with van der Waals surface area (Å²) >= 11 is 0. The van der Waals surface area contributed by atoms with Crippen LogP contribution in [0.15, 0.2) is 0 Å². The first kappa shape index (κ1) is 12.8. The Balaban J connectivity index is 3.15. The van der Waals surface area contributed by atoms with E-state index in [4.69, 9.17) is 9.84 Å². The monoisotopic (exact) mass is 191 g/mol. The van der Waals surface area contributed by atoms with Crippen LogP contribution < -0.4 is 5.32 Å². The summed E-state index contributed by atoms with van der Waals surface area (Å²) in [6.45, 7) is 5.68. The van der Waals surface area contributed by atoms with Crippen molar-refractivity contribution in [3.8, 4) is 0 Å².